The molecule has 0 aromatic rings. The molecule has 60 heavy (non-hydrogen) atoms. The summed E-state index contributed by atoms with van der Waals surface area (Å²) < 4.78 is 22.2. The zero-order valence-corrected chi connectivity index (χ0v) is 38.7. The Kier molecular flexibility index (Phi) is 39.0. The number of aliphatic hydroxyl groups is 4. The average molecular weight is 855 g/mol. The lowest BCUT2D eigenvalue weighted by Gasteiger charge is -2.39. The fourth-order valence-corrected chi connectivity index (χ4v) is 7.89. The van der Waals surface area contributed by atoms with Crippen LogP contribution in [-0.2, 0) is 28.5 Å². The summed E-state index contributed by atoms with van der Waals surface area (Å²) in [6.45, 7) is 3.46. The van der Waals surface area contributed by atoms with Crippen LogP contribution in [0.3, 0.4) is 0 Å². The van der Waals surface area contributed by atoms with Crippen LogP contribution in [0, 0.1) is 0 Å². The van der Waals surface area contributed by atoms with Crippen molar-refractivity contribution in [1.82, 2.24) is 0 Å². The minimum absolute atomic E-state index is 0.213. The fraction of sp³-hybridized carbons (Fsp3) is 0.920. The Morgan fingerprint density at radius 2 is 0.883 bits per heavy atom. The van der Waals surface area contributed by atoms with Gasteiger partial charge in [-0.1, -0.05) is 199 Å². The van der Waals surface area contributed by atoms with Gasteiger partial charge in [0.05, 0.1) is 13.2 Å². The van der Waals surface area contributed by atoms with E-state index in [0.717, 1.165) is 44.9 Å². The Balaban J connectivity index is 2.26. The molecule has 0 aliphatic carbocycles. The lowest BCUT2D eigenvalue weighted by molar-refractivity contribution is -0.305. The molecule has 354 valence electrons. The van der Waals surface area contributed by atoms with Gasteiger partial charge in [0, 0.05) is 12.8 Å². The van der Waals surface area contributed by atoms with Gasteiger partial charge in [0.2, 0.25) is 0 Å². The van der Waals surface area contributed by atoms with Crippen LogP contribution in [0.15, 0.2) is 12.2 Å². The van der Waals surface area contributed by atoms with Crippen LogP contribution < -0.4 is 0 Å². The summed E-state index contributed by atoms with van der Waals surface area (Å²) in [6, 6.07) is 0. The molecule has 0 amide bonds. The molecule has 0 saturated carbocycles. The van der Waals surface area contributed by atoms with E-state index in [9.17, 15) is 30.0 Å². The van der Waals surface area contributed by atoms with Crippen molar-refractivity contribution >= 4 is 11.9 Å². The molecule has 6 atom stereocenters. The van der Waals surface area contributed by atoms with Crippen LogP contribution in [0.1, 0.15) is 239 Å². The molecule has 0 spiro atoms. The van der Waals surface area contributed by atoms with Crippen molar-refractivity contribution in [2.45, 2.75) is 275 Å². The number of allylic oxidation sites excluding steroid dienone is 2. The Labute approximate surface area is 367 Å². The van der Waals surface area contributed by atoms with Crippen molar-refractivity contribution < 1.29 is 49.0 Å². The fourth-order valence-electron chi connectivity index (χ4n) is 7.89. The SMILES string of the molecule is CCCCCCCC/C=C\CCCCCCCCCC(=O)OC(COC(=O)CCCCCCCCCCCCCCCCCCCC)COC1OC(CO)C(O)C(O)C1O. The quantitative estimate of drug-likeness (QED) is 0.0265. The Bertz CT molecular complexity index is 990. The minimum Gasteiger partial charge on any atom is -0.462 e. The van der Waals surface area contributed by atoms with Crippen LogP contribution in [0.2, 0.25) is 0 Å². The van der Waals surface area contributed by atoms with Crippen LogP contribution in [0.4, 0.5) is 0 Å². The number of carbonyl (C=O) groups is 2. The summed E-state index contributed by atoms with van der Waals surface area (Å²) in [5.74, 6) is -0.797. The van der Waals surface area contributed by atoms with Gasteiger partial charge in [0.25, 0.3) is 0 Å². The number of hydrogen-bond donors (Lipinski definition) is 4. The van der Waals surface area contributed by atoms with Gasteiger partial charge in [-0.2, -0.15) is 0 Å². The summed E-state index contributed by atoms with van der Waals surface area (Å²) in [7, 11) is 0. The predicted octanol–water partition coefficient (Wildman–Crippen LogP) is 11.5. The molecule has 0 aromatic carbocycles. The first-order valence-electron chi connectivity index (χ1n) is 25.3. The highest BCUT2D eigenvalue weighted by Crippen LogP contribution is 2.23. The van der Waals surface area contributed by atoms with Gasteiger partial charge in [-0.05, 0) is 38.5 Å². The van der Waals surface area contributed by atoms with Crippen LogP contribution in [-0.4, -0.2) is 89.0 Å². The smallest absolute Gasteiger partial charge is 0.306 e. The average Bonchev–Trinajstić information content (AvgIpc) is 3.25. The summed E-state index contributed by atoms with van der Waals surface area (Å²) >= 11 is 0. The van der Waals surface area contributed by atoms with Crippen molar-refractivity contribution in [1.29, 1.82) is 0 Å². The molecule has 1 fully saturated rings. The number of hydrogen-bond acceptors (Lipinski definition) is 10. The Morgan fingerprint density at radius 3 is 1.30 bits per heavy atom. The number of esters is 2. The maximum absolute atomic E-state index is 12.8. The van der Waals surface area contributed by atoms with E-state index in [0.29, 0.717) is 6.42 Å². The van der Waals surface area contributed by atoms with Crippen molar-refractivity contribution in [2.75, 3.05) is 19.8 Å². The Hall–Kier alpha value is -1.56. The standard InChI is InChI=1S/C50H94O10/c1-3-5-7-9-11-13-15-17-19-21-23-24-26-28-30-32-34-36-38-45(52)57-41-43(42-58-50-49(56)48(55)47(54)44(40-51)60-50)59-46(53)39-37-35-33-31-29-27-25-22-20-18-16-14-12-10-8-6-4-2/h18,20,43-44,47-51,54-56H,3-17,19,21-42H2,1-2H3/b20-18-. The highest BCUT2D eigenvalue weighted by molar-refractivity contribution is 5.70. The minimum atomic E-state index is -1.59. The Morgan fingerprint density at radius 1 is 0.500 bits per heavy atom. The molecule has 0 aromatic heterocycles. The maximum Gasteiger partial charge on any atom is 0.306 e. The third kappa shape index (κ3) is 32.2. The monoisotopic (exact) mass is 855 g/mol. The van der Waals surface area contributed by atoms with Crippen molar-refractivity contribution in [3.63, 3.8) is 0 Å². The third-order valence-electron chi connectivity index (χ3n) is 11.9. The summed E-state index contributed by atoms with van der Waals surface area (Å²) in [4.78, 5) is 25.4. The van der Waals surface area contributed by atoms with E-state index in [4.69, 9.17) is 18.9 Å². The van der Waals surface area contributed by atoms with Crippen molar-refractivity contribution in [3.05, 3.63) is 12.2 Å². The number of aliphatic hydroxyl groups excluding tert-OH is 4. The molecule has 1 heterocycles. The molecule has 1 rings (SSSR count). The molecule has 0 bridgehead atoms. The second-order valence-corrected chi connectivity index (χ2v) is 17.6. The van der Waals surface area contributed by atoms with Gasteiger partial charge in [-0.15, -0.1) is 0 Å². The molecule has 0 radical (unpaired) electrons. The van der Waals surface area contributed by atoms with E-state index in [1.165, 1.54) is 161 Å². The second kappa shape index (κ2) is 41.5. The molecular formula is C50H94O10. The van der Waals surface area contributed by atoms with Crippen molar-refractivity contribution in [3.8, 4) is 0 Å². The van der Waals surface area contributed by atoms with E-state index >= 15 is 0 Å². The first kappa shape index (κ1) is 56.5. The molecule has 10 heteroatoms. The first-order valence-corrected chi connectivity index (χ1v) is 25.3. The van der Waals surface area contributed by atoms with E-state index in [-0.39, 0.29) is 32.0 Å². The van der Waals surface area contributed by atoms with Crippen LogP contribution in [0.25, 0.3) is 0 Å². The largest absolute Gasteiger partial charge is 0.462 e. The van der Waals surface area contributed by atoms with Gasteiger partial charge in [-0.3, -0.25) is 9.59 Å². The highest BCUT2D eigenvalue weighted by Gasteiger charge is 2.44. The van der Waals surface area contributed by atoms with Gasteiger partial charge >= 0.3 is 11.9 Å². The van der Waals surface area contributed by atoms with Gasteiger partial charge < -0.3 is 39.4 Å². The topological polar surface area (TPSA) is 152 Å². The van der Waals surface area contributed by atoms with E-state index in [1.54, 1.807) is 0 Å². The zero-order chi connectivity index (χ0) is 43.7. The molecular weight excluding hydrogens is 761 g/mol. The molecule has 1 aliphatic rings. The molecule has 6 unspecified atom stereocenters. The molecule has 1 saturated heterocycles. The summed E-state index contributed by atoms with van der Waals surface area (Å²) in [5.41, 5.74) is 0. The molecule has 4 N–H and O–H groups in total. The number of ether oxygens (including phenoxy) is 4. The van der Waals surface area contributed by atoms with Crippen molar-refractivity contribution in [2.24, 2.45) is 0 Å². The second-order valence-electron chi connectivity index (χ2n) is 17.6. The van der Waals surface area contributed by atoms with E-state index < -0.39 is 49.4 Å². The first-order chi connectivity index (χ1) is 29.3. The lowest BCUT2D eigenvalue weighted by Crippen LogP contribution is -2.59. The third-order valence-corrected chi connectivity index (χ3v) is 11.9. The highest BCUT2D eigenvalue weighted by atomic mass is 16.7. The molecule has 10 nitrogen and oxygen atoms in total. The normalized spacial score (nSPS) is 19.9. The molecule has 1 aliphatic heterocycles. The predicted molar refractivity (Wildman–Crippen MR) is 243 cm³/mol. The van der Waals surface area contributed by atoms with E-state index in [1.807, 2.05) is 0 Å². The number of carbonyl (C=O) groups excluding carboxylic acids is 2. The van der Waals surface area contributed by atoms with E-state index in [2.05, 4.69) is 26.0 Å². The van der Waals surface area contributed by atoms with Gasteiger partial charge in [0.15, 0.2) is 12.4 Å². The zero-order valence-electron chi connectivity index (χ0n) is 38.7. The number of unbranched alkanes of at least 4 members (excludes halogenated alkanes) is 30. The van der Waals surface area contributed by atoms with Crippen LogP contribution >= 0.6 is 0 Å². The van der Waals surface area contributed by atoms with Gasteiger partial charge in [0.1, 0.15) is 31.0 Å². The summed E-state index contributed by atoms with van der Waals surface area (Å²) in [6.07, 6.45) is 37.9. The maximum atomic E-state index is 12.8. The van der Waals surface area contributed by atoms with Gasteiger partial charge in [-0.25, -0.2) is 0 Å². The number of rotatable bonds is 43. The van der Waals surface area contributed by atoms with Crippen LogP contribution in [0.5, 0.6) is 0 Å². The summed E-state index contributed by atoms with van der Waals surface area (Å²) in [5, 5.41) is 40.2. The lowest BCUT2D eigenvalue weighted by atomic mass is 9.99.